The molecule has 0 radical (unpaired) electrons. The molecule has 0 aliphatic heterocycles. The summed E-state index contributed by atoms with van der Waals surface area (Å²) in [6, 6.07) is 1.33. The van der Waals surface area contributed by atoms with Gasteiger partial charge in [0.15, 0.2) is 11.6 Å². The van der Waals surface area contributed by atoms with Crippen LogP contribution in [0.3, 0.4) is 0 Å². The van der Waals surface area contributed by atoms with Crippen LogP contribution in [-0.2, 0) is 5.54 Å². The van der Waals surface area contributed by atoms with Crippen LogP contribution in [0.2, 0.25) is 0 Å². The van der Waals surface area contributed by atoms with Crippen LogP contribution in [0.5, 0.6) is 5.75 Å². The number of phenols is 1. The number of phenolic OH excluding ortho intramolecular Hbond substituents is 1. The lowest BCUT2D eigenvalue weighted by Crippen LogP contribution is -2.21. The van der Waals surface area contributed by atoms with Gasteiger partial charge < -0.3 is 10.8 Å². The highest BCUT2D eigenvalue weighted by atomic mass is 79.9. The Morgan fingerprint density at radius 3 is 2.43 bits per heavy atom. The summed E-state index contributed by atoms with van der Waals surface area (Å²) in [5, 5.41) is 9.10. The molecule has 3 N–H and O–H groups in total. The molecule has 1 aliphatic rings. The molecule has 1 aromatic carbocycles. The Kier molecular flexibility index (Phi) is 2.04. The van der Waals surface area contributed by atoms with Crippen molar-refractivity contribution in [3.63, 3.8) is 0 Å². The number of nitrogens with two attached hydrogens (primary N) is 1. The van der Waals surface area contributed by atoms with E-state index in [1.807, 2.05) is 0 Å². The predicted molar refractivity (Wildman–Crippen MR) is 50.8 cm³/mol. The Balaban J connectivity index is 2.62. The number of halogens is 3. The fraction of sp³-hybridized carbons (Fsp3) is 0.333. The average Bonchev–Trinajstić information content (AvgIpc) is 2.87. The third-order valence-electron chi connectivity index (χ3n) is 2.46. The Hall–Kier alpha value is -0.680. The van der Waals surface area contributed by atoms with Gasteiger partial charge in [0.2, 0.25) is 5.82 Å². The number of hydrogen-bond acceptors (Lipinski definition) is 2. The standard InChI is InChI=1S/C9H8BrF2NO/c10-5-3-4(9(13)1-2-9)6(11)7(12)8(5)14/h3,14H,1-2,13H2. The van der Waals surface area contributed by atoms with Crippen molar-refractivity contribution in [3.05, 3.63) is 27.7 Å². The zero-order valence-electron chi connectivity index (χ0n) is 7.15. The molecule has 1 aromatic rings. The molecule has 0 bridgehead atoms. The van der Waals surface area contributed by atoms with E-state index in [1.165, 1.54) is 6.07 Å². The molecule has 0 saturated heterocycles. The van der Waals surface area contributed by atoms with Crippen molar-refractivity contribution >= 4 is 15.9 Å². The molecule has 2 nitrogen and oxygen atoms in total. The van der Waals surface area contributed by atoms with Crippen molar-refractivity contribution in [2.45, 2.75) is 18.4 Å². The normalized spacial score (nSPS) is 18.3. The SMILES string of the molecule is NC1(c2cc(Br)c(O)c(F)c2F)CC1. The second-order valence-electron chi connectivity index (χ2n) is 3.54. The van der Waals surface area contributed by atoms with Gasteiger partial charge in [0.05, 0.1) is 4.47 Å². The third-order valence-corrected chi connectivity index (χ3v) is 3.06. The molecule has 0 atom stereocenters. The molecule has 0 unspecified atom stereocenters. The second-order valence-corrected chi connectivity index (χ2v) is 4.39. The van der Waals surface area contributed by atoms with E-state index in [1.54, 1.807) is 0 Å². The highest BCUT2D eigenvalue weighted by Crippen LogP contribution is 2.46. The molecule has 5 heteroatoms. The number of hydrogen-bond donors (Lipinski definition) is 2. The van der Waals surface area contributed by atoms with E-state index in [-0.39, 0.29) is 10.0 Å². The summed E-state index contributed by atoms with van der Waals surface area (Å²) < 4.78 is 26.6. The van der Waals surface area contributed by atoms with Crippen LogP contribution in [0.1, 0.15) is 18.4 Å². The summed E-state index contributed by atoms with van der Waals surface area (Å²) in [5.41, 5.74) is 5.12. The maximum atomic E-state index is 13.3. The summed E-state index contributed by atoms with van der Waals surface area (Å²) in [4.78, 5) is 0. The highest BCUT2D eigenvalue weighted by Gasteiger charge is 2.43. The topological polar surface area (TPSA) is 46.2 Å². The molecule has 1 saturated carbocycles. The van der Waals surface area contributed by atoms with Gasteiger partial charge in [-0.1, -0.05) is 0 Å². The first-order valence-electron chi connectivity index (χ1n) is 4.11. The van der Waals surface area contributed by atoms with E-state index < -0.39 is 22.9 Å². The van der Waals surface area contributed by atoms with Crippen LogP contribution in [0.25, 0.3) is 0 Å². The summed E-state index contributed by atoms with van der Waals surface area (Å²) >= 11 is 2.94. The van der Waals surface area contributed by atoms with Crippen molar-refractivity contribution < 1.29 is 13.9 Å². The Morgan fingerprint density at radius 2 is 1.93 bits per heavy atom. The van der Waals surface area contributed by atoms with Gasteiger partial charge in [0.1, 0.15) is 0 Å². The summed E-state index contributed by atoms with van der Waals surface area (Å²) in [6.07, 6.45) is 1.28. The number of benzene rings is 1. The van der Waals surface area contributed by atoms with Crippen LogP contribution in [0, 0.1) is 11.6 Å². The minimum Gasteiger partial charge on any atom is -0.504 e. The molecule has 1 fully saturated rings. The summed E-state index contributed by atoms with van der Waals surface area (Å²) in [7, 11) is 0. The molecule has 1 aliphatic carbocycles. The van der Waals surface area contributed by atoms with Crippen molar-refractivity contribution in [3.8, 4) is 5.75 Å². The van der Waals surface area contributed by atoms with Crippen LogP contribution in [0.15, 0.2) is 10.5 Å². The molecular formula is C9H8BrF2NO. The molecule has 76 valence electrons. The molecule has 14 heavy (non-hydrogen) atoms. The lowest BCUT2D eigenvalue weighted by Gasteiger charge is -2.12. The van der Waals surface area contributed by atoms with Crippen molar-refractivity contribution in [2.24, 2.45) is 5.73 Å². The molecule has 0 amide bonds. The smallest absolute Gasteiger partial charge is 0.201 e. The van der Waals surface area contributed by atoms with E-state index in [4.69, 9.17) is 10.8 Å². The number of aromatic hydroxyl groups is 1. The van der Waals surface area contributed by atoms with Crippen LogP contribution >= 0.6 is 15.9 Å². The predicted octanol–water partition coefficient (Wildman–Crippen LogP) is 2.38. The average molecular weight is 264 g/mol. The maximum Gasteiger partial charge on any atom is 0.201 e. The first-order valence-corrected chi connectivity index (χ1v) is 4.91. The molecule has 2 rings (SSSR count). The van der Waals surface area contributed by atoms with Crippen molar-refractivity contribution in [1.29, 1.82) is 0 Å². The Labute approximate surface area is 87.9 Å². The van der Waals surface area contributed by atoms with Crippen LogP contribution in [0.4, 0.5) is 8.78 Å². The van der Waals surface area contributed by atoms with E-state index in [2.05, 4.69) is 15.9 Å². The van der Waals surface area contributed by atoms with Gasteiger partial charge in [-0.05, 0) is 34.8 Å². The second kappa shape index (κ2) is 2.90. The lowest BCUT2D eigenvalue weighted by atomic mass is 10.0. The fourth-order valence-electron chi connectivity index (χ4n) is 1.35. The zero-order chi connectivity index (χ0) is 10.5. The molecule has 0 heterocycles. The summed E-state index contributed by atoms with van der Waals surface area (Å²) in [6.45, 7) is 0. The van der Waals surface area contributed by atoms with Gasteiger partial charge in [0, 0.05) is 11.1 Å². The van der Waals surface area contributed by atoms with Crippen molar-refractivity contribution in [1.82, 2.24) is 0 Å². The molecule has 0 spiro atoms. The Morgan fingerprint density at radius 1 is 1.36 bits per heavy atom. The van der Waals surface area contributed by atoms with E-state index in [9.17, 15) is 8.78 Å². The largest absolute Gasteiger partial charge is 0.504 e. The van der Waals surface area contributed by atoms with Crippen molar-refractivity contribution in [2.75, 3.05) is 0 Å². The molecular weight excluding hydrogens is 256 g/mol. The van der Waals surface area contributed by atoms with Gasteiger partial charge in [-0.15, -0.1) is 0 Å². The maximum absolute atomic E-state index is 13.3. The van der Waals surface area contributed by atoms with Gasteiger partial charge in [-0.2, -0.15) is 4.39 Å². The van der Waals surface area contributed by atoms with E-state index in [0.717, 1.165) is 0 Å². The summed E-state index contributed by atoms with van der Waals surface area (Å²) in [5.74, 6) is -3.01. The quantitative estimate of drug-likeness (QED) is 0.765. The molecule has 0 aromatic heterocycles. The Bertz CT molecular complexity index is 404. The fourth-order valence-corrected chi connectivity index (χ4v) is 1.75. The van der Waals surface area contributed by atoms with Gasteiger partial charge in [0.25, 0.3) is 0 Å². The zero-order valence-corrected chi connectivity index (χ0v) is 8.74. The van der Waals surface area contributed by atoms with Gasteiger partial charge in [-0.3, -0.25) is 0 Å². The first-order chi connectivity index (χ1) is 6.46. The minimum atomic E-state index is -1.24. The van der Waals surface area contributed by atoms with Gasteiger partial charge in [-0.25, -0.2) is 4.39 Å². The van der Waals surface area contributed by atoms with E-state index in [0.29, 0.717) is 12.8 Å². The van der Waals surface area contributed by atoms with Crippen LogP contribution in [-0.4, -0.2) is 5.11 Å². The lowest BCUT2D eigenvalue weighted by molar-refractivity contribution is 0.397. The first kappa shape index (κ1) is 9.86. The van der Waals surface area contributed by atoms with Crippen LogP contribution < -0.4 is 5.73 Å². The third kappa shape index (κ3) is 1.31. The minimum absolute atomic E-state index is 0.125. The number of rotatable bonds is 1. The van der Waals surface area contributed by atoms with E-state index >= 15 is 0 Å². The monoisotopic (exact) mass is 263 g/mol. The van der Waals surface area contributed by atoms with Gasteiger partial charge >= 0.3 is 0 Å². The highest BCUT2D eigenvalue weighted by molar-refractivity contribution is 9.10.